The second-order valence-corrected chi connectivity index (χ2v) is 5.50. The summed E-state index contributed by atoms with van der Waals surface area (Å²) in [6.45, 7) is 7.94. The van der Waals surface area contributed by atoms with Gasteiger partial charge in [-0.1, -0.05) is 26.8 Å². The van der Waals surface area contributed by atoms with Gasteiger partial charge in [0.25, 0.3) is 5.56 Å². The van der Waals surface area contributed by atoms with Crippen molar-refractivity contribution in [1.82, 2.24) is 4.57 Å². The predicted octanol–water partition coefficient (Wildman–Crippen LogP) is 1.64. The Bertz CT molecular complexity index is 444. The average Bonchev–Trinajstić information content (AvgIpc) is 2.29. The zero-order chi connectivity index (χ0) is 13.8. The summed E-state index contributed by atoms with van der Waals surface area (Å²) < 4.78 is 6.88. The largest absolute Gasteiger partial charge is 0.385 e. The highest BCUT2D eigenvalue weighted by Gasteiger charge is 2.19. The number of nitrogens with two attached hydrogens (primary N) is 1. The Morgan fingerprint density at radius 1 is 1.33 bits per heavy atom. The molecule has 0 unspecified atom stereocenters. The average molecular weight is 252 g/mol. The molecule has 0 radical (unpaired) electrons. The molecule has 1 rings (SSSR count). The zero-order valence-corrected chi connectivity index (χ0v) is 11.8. The Balaban J connectivity index is 3.19. The predicted molar refractivity (Wildman–Crippen MR) is 73.8 cm³/mol. The van der Waals surface area contributed by atoms with Crippen molar-refractivity contribution in [1.29, 1.82) is 0 Å². The van der Waals surface area contributed by atoms with E-state index in [9.17, 15) is 4.79 Å². The van der Waals surface area contributed by atoms with Gasteiger partial charge in [0, 0.05) is 43.5 Å². The van der Waals surface area contributed by atoms with Gasteiger partial charge in [0.2, 0.25) is 0 Å². The summed E-state index contributed by atoms with van der Waals surface area (Å²) in [6, 6.07) is 3.85. The first-order valence-corrected chi connectivity index (χ1v) is 6.34. The van der Waals surface area contributed by atoms with Gasteiger partial charge in [-0.15, -0.1) is 0 Å². The molecule has 4 nitrogen and oxygen atoms in total. The summed E-state index contributed by atoms with van der Waals surface area (Å²) in [5, 5.41) is 0. The van der Waals surface area contributed by atoms with Crippen LogP contribution in [0.4, 0.5) is 0 Å². The molecule has 0 amide bonds. The van der Waals surface area contributed by atoms with E-state index in [4.69, 9.17) is 10.5 Å². The molecule has 102 valence electrons. The quantitative estimate of drug-likeness (QED) is 0.811. The standard InChI is InChI=1S/C14H24N2O2/c1-14(2,3)12-7-6-11(10-15)13(17)16(12)8-5-9-18-4/h6-7H,5,8-10,15H2,1-4H3. The highest BCUT2D eigenvalue weighted by molar-refractivity contribution is 5.21. The van der Waals surface area contributed by atoms with Gasteiger partial charge in [-0.2, -0.15) is 0 Å². The third-order valence-electron chi connectivity index (χ3n) is 2.97. The number of nitrogens with zero attached hydrogens (tertiary/aromatic N) is 1. The monoisotopic (exact) mass is 252 g/mol. The van der Waals surface area contributed by atoms with Crippen molar-refractivity contribution >= 4 is 0 Å². The van der Waals surface area contributed by atoms with Crippen LogP contribution < -0.4 is 11.3 Å². The van der Waals surface area contributed by atoms with Crippen molar-refractivity contribution in [2.75, 3.05) is 13.7 Å². The molecular formula is C14H24N2O2. The van der Waals surface area contributed by atoms with E-state index in [0.717, 1.165) is 12.1 Å². The molecule has 18 heavy (non-hydrogen) atoms. The van der Waals surface area contributed by atoms with E-state index in [1.165, 1.54) is 0 Å². The Labute approximate surface area is 109 Å². The lowest BCUT2D eigenvalue weighted by molar-refractivity contribution is 0.189. The zero-order valence-electron chi connectivity index (χ0n) is 11.8. The van der Waals surface area contributed by atoms with E-state index in [1.807, 2.05) is 16.7 Å². The molecule has 1 aromatic rings. The molecular weight excluding hydrogens is 228 g/mol. The topological polar surface area (TPSA) is 57.2 Å². The summed E-state index contributed by atoms with van der Waals surface area (Å²) in [7, 11) is 1.67. The molecule has 1 heterocycles. The number of rotatable bonds is 5. The van der Waals surface area contributed by atoms with Crippen molar-refractivity contribution in [3.05, 3.63) is 33.7 Å². The van der Waals surface area contributed by atoms with Crippen LogP contribution in [0.15, 0.2) is 16.9 Å². The Morgan fingerprint density at radius 2 is 2.00 bits per heavy atom. The first kappa shape index (κ1) is 14.9. The number of hydrogen-bond acceptors (Lipinski definition) is 3. The van der Waals surface area contributed by atoms with Crippen LogP contribution in [0.2, 0.25) is 0 Å². The minimum atomic E-state index is -0.0562. The molecule has 0 spiro atoms. The number of ether oxygens (including phenoxy) is 1. The van der Waals surface area contributed by atoms with Crippen molar-refractivity contribution in [2.45, 2.75) is 45.7 Å². The van der Waals surface area contributed by atoms with Gasteiger partial charge >= 0.3 is 0 Å². The minimum absolute atomic E-state index is 0.0287. The second-order valence-electron chi connectivity index (χ2n) is 5.50. The van der Waals surface area contributed by atoms with Crippen LogP contribution in [0.3, 0.4) is 0 Å². The molecule has 1 aromatic heterocycles. The number of aromatic nitrogens is 1. The molecule has 0 aliphatic carbocycles. The molecule has 2 N–H and O–H groups in total. The van der Waals surface area contributed by atoms with Crippen molar-refractivity contribution in [3.63, 3.8) is 0 Å². The highest BCUT2D eigenvalue weighted by atomic mass is 16.5. The van der Waals surface area contributed by atoms with E-state index in [1.54, 1.807) is 7.11 Å². The van der Waals surface area contributed by atoms with E-state index in [0.29, 0.717) is 18.7 Å². The van der Waals surface area contributed by atoms with E-state index in [2.05, 4.69) is 20.8 Å². The summed E-state index contributed by atoms with van der Waals surface area (Å²) in [5.74, 6) is 0. The lowest BCUT2D eigenvalue weighted by Crippen LogP contribution is -2.32. The van der Waals surface area contributed by atoms with Crippen molar-refractivity contribution in [3.8, 4) is 0 Å². The lowest BCUT2D eigenvalue weighted by atomic mass is 9.90. The van der Waals surface area contributed by atoms with Crippen LogP contribution in [-0.4, -0.2) is 18.3 Å². The Kier molecular flexibility index (Phi) is 5.11. The van der Waals surface area contributed by atoms with Crippen LogP contribution in [-0.2, 0) is 23.2 Å². The SMILES string of the molecule is COCCCn1c(C(C)(C)C)ccc(CN)c1=O. The van der Waals surface area contributed by atoms with Crippen LogP contribution >= 0.6 is 0 Å². The molecule has 0 saturated carbocycles. The number of methoxy groups -OCH3 is 1. The van der Waals surface area contributed by atoms with Gasteiger partial charge < -0.3 is 15.0 Å². The molecule has 0 aliphatic rings. The molecule has 4 heteroatoms. The number of pyridine rings is 1. The van der Waals surface area contributed by atoms with Gasteiger partial charge in [-0.25, -0.2) is 0 Å². The van der Waals surface area contributed by atoms with Gasteiger partial charge in [-0.05, 0) is 12.5 Å². The van der Waals surface area contributed by atoms with E-state index < -0.39 is 0 Å². The van der Waals surface area contributed by atoms with Gasteiger partial charge in [0.1, 0.15) is 0 Å². The highest BCUT2D eigenvalue weighted by Crippen LogP contribution is 2.21. The first-order valence-electron chi connectivity index (χ1n) is 6.34. The summed E-state index contributed by atoms with van der Waals surface area (Å²) in [6.07, 6.45) is 0.827. The van der Waals surface area contributed by atoms with Crippen LogP contribution in [0.5, 0.6) is 0 Å². The van der Waals surface area contributed by atoms with E-state index in [-0.39, 0.29) is 17.5 Å². The van der Waals surface area contributed by atoms with Crippen LogP contribution in [0, 0.1) is 0 Å². The van der Waals surface area contributed by atoms with Gasteiger partial charge in [-0.3, -0.25) is 4.79 Å². The molecule has 0 aromatic carbocycles. The van der Waals surface area contributed by atoms with Crippen molar-refractivity contribution in [2.24, 2.45) is 5.73 Å². The van der Waals surface area contributed by atoms with Crippen LogP contribution in [0.1, 0.15) is 38.4 Å². The fourth-order valence-corrected chi connectivity index (χ4v) is 2.02. The maximum atomic E-state index is 12.3. The van der Waals surface area contributed by atoms with Crippen molar-refractivity contribution < 1.29 is 4.74 Å². The molecule has 0 fully saturated rings. The maximum absolute atomic E-state index is 12.3. The lowest BCUT2D eigenvalue weighted by Gasteiger charge is -2.24. The minimum Gasteiger partial charge on any atom is -0.385 e. The summed E-state index contributed by atoms with van der Waals surface area (Å²) >= 11 is 0. The third-order valence-corrected chi connectivity index (χ3v) is 2.97. The summed E-state index contributed by atoms with van der Waals surface area (Å²) in [4.78, 5) is 12.3. The fraction of sp³-hybridized carbons (Fsp3) is 0.643. The smallest absolute Gasteiger partial charge is 0.255 e. The molecule has 0 bridgehead atoms. The normalized spacial score (nSPS) is 11.8. The maximum Gasteiger partial charge on any atom is 0.255 e. The molecule has 0 atom stereocenters. The first-order chi connectivity index (χ1) is 8.41. The van der Waals surface area contributed by atoms with E-state index >= 15 is 0 Å². The molecule has 0 aliphatic heterocycles. The molecule has 0 saturated heterocycles. The van der Waals surface area contributed by atoms with Crippen LogP contribution in [0.25, 0.3) is 0 Å². The third kappa shape index (κ3) is 3.43. The van der Waals surface area contributed by atoms with Gasteiger partial charge in [0.15, 0.2) is 0 Å². The second kappa shape index (κ2) is 6.16. The fourth-order valence-electron chi connectivity index (χ4n) is 2.02. The summed E-state index contributed by atoms with van der Waals surface area (Å²) in [5.41, 5.74) is 7.28. The Morgan fingerprint density at radius 3 is 2.50 bits per heavy atom. The van der Waals surface area contributed by atoms with Gasteiger partial charge in [0.05, 0.1) is 0 Å². The Hall–Kier alpha value is -1.13. The number of hydrogen-bond donors (Lipinski definition) is 1.